The van der Waals surface area contributed by atoms with Gasteiger partial charge in [0.15, 0.2) is 5.78 Å². The van der Waals surface area contributed by atoms with Crippen LogP contribution in [0.1, 0.15) is 54.8 Å². The molecule has 212 valence electrons. The lowest BCUT2D eigenvalue weighted by Gasteiger charge is -2.45. The Morgan fingerprint density at radius 1 is 0.744 bits per heavy atom. The largest absolute Gasteiger partial charge is 0.292 e. The Bertz CT molecular complexity index is 1760. The third-order valence-electron chi connectivity index (χ3n) is 8.69. The second kappa shape index (κ2) is 9.80. The molecule has 4 aliphatic rings. The van der Waals surface area contributed by atoms with Gasteiger partial charge in [0.2, 0.25) is 0 Å². The molecule has 1 saturated heterocycles. The number of Topliss-reactive ketones (excluding diaryl/α,β-unsaturated/α-hetero) is 1. The summed E-state index contributed by atoms with van der Waals surface area (Å²) in [6, 6.07) is 25.0. The Hall–Kier alpha value is -5.51. The zero-order chi connectivity index (χ0) is 30.0. The van der Waals surface area contributed by atoms with Crippen molar-refractivity contribution in [3.8, 4) is 0 Å². The molecule has 4 aromatic rings. The molecule has 2 bridgehead atoms. The summed E-state index contributed by atoms with van der Waals surface area (Å²) in [4.78, 5) is 67.2. The number of hydrogen-bond acceptors (Lipinski definition) is 6. The van der Waals surface area contributed by atoms with E-state index in [1.54, 1.807) is 0 Å². The molecular formula is C33H22FN3O6. The highest BCUT2D eigenvalue weighted by Gasteiger charge is 2.63. The third-order valence-corrected chi connectivity index (χ3v) is 8.69. The van der Waals surface area contributed by atoms with Crippen molar-refractivity contribution in [2.75, 3.05) is 6.54 Å². The number of hydrazine groups is 1. The van der Waals surface area contributed by atoms with E-state index in [-0.39, 0.29) is 11.1 Å². The van der Waals surface area contributed by atoms with Crippen LogP contribution in [0.2, 0.25) is 0 Å². The van der Waals surface area contributed by atoms with Gasteiger partial charge in [-0.1, -0.05) is 60.7 Å². The van der Waals surface area contributed by atoms with Gasteiger partial charge in [0, 0.05) is 23.5 Å². The molecule has 3 amide bonds. The Morgan fingerprint density at radius 3 is 1.70 bits per heavy atom. The van der Waals surface area contributed by atoms with Crippen LogP contribution >= 0.6 is 0 Å². The van der Waals surface area contributed by atoms with Gasteiger partial charge in [-0.25, -0.2) is 9.40 Å². The Labute approximate surface area is 244 Å². The SMILES string of the molecule is O=C(CN(C(=O)c1ccccc1[N+](=O)[O-])N1C(=O)[C@@H]2C3c4ccccc4C(c4ccccc43)[C@@H]2C1=O)c1ccc(F)cc1. The van der Waals surface area contributed by atoms with Crippen LogP contribution in [0.5, 0.6) is 0 Å². The van der Waals surface area contributed by atoms with Gasteiger partial charge in [0.05, 0.1) is 16.8 Å². The predicted molar refractivity (Wildman–Crippen MR) is 150 cm³/mol. The van der Waals surface area contributed by atoms with E-state index in [1.165, 1.54) is 30.3 Å². The molecule has 1 heterocycles. The van der Waals surface area contributed by atoms with E-state index in [4.69, 9.17) is 0 Å². The number of nitro benzene ring substituents is 1. The van der Waals surface area contributed by atoms with E-state index in [0.717, 1.165) is 40.5 Å². The normalized spacial score (nSPS) is 21.2. The van der Waals surface area contributed by atoms with Crippen molar-refractivity contribution in [1.82, 2.24) is 10.0 Å². The molecule has 43 heavy (non-hydrogen) atoms. The molecule has 0 N–H and O–H groups in total. The Morgan fingerprint density at radius 2 is 1.21 bits per heavy atom. The van der Waals surface area contributed by atoms with Gasteiger partial charge >= 0.3 is 0 Å². The molecule has 2 atom stereocenters. The van der Waals surface area contributed by atoms with Crippen LogP contribution in [-0.4, -0.2) is 45.0 Å². The lowest BCUT2D eigenvalue weighted by Crippen LogP contribution is -2.52. The lowest BCUT2D eigenvalue weighted by molar-refractivity contribution is -0.385. The van der Waals surface area contributed by atoms with Gasteiger partial charge in [0.1, 0.15) is 17.9 Å². The van der Waals surface area contributed by atoms with E-state index < -0.39 is 70.1 Å². The lowest BCUT2D eigenvalue weighted by atomic mass is 9.55. The average Bonchev–Trinajstić information content (AvgIpc) is 3.29. The van der Waals surface area contributed by atoms with Crippen LogP contribution in [0.25, 0.3) is 0 Å². The summed E-state index contributed by atoms with van der Waals surface area (Å²) < 4.78 is 13.6. The molecule has 3 aliphatic carbocycles. The maximum atomic E-state index is 14.3. The Balaban J connectivity index is 1.35. The number of nitro groups is 1. The summed E-state index contributed by atoms with van der Waals surface area (Å²) in [5, 5.41) is 13.2. The highest BCUT2D eigenvalue weighted by molar-refractivity contribution is 6.11. The van der Waals surface area contributed by atoms with E-state index >= 15 is 0 Å². The highest BCUT2D eigenvalue weighted by atomic mass is 19.1. The number of nitrogens with zero attached hydrogens (tertiary/aromatic N) is 3. The maximum Gasteiger partial charge on any atom is 0.282 e. The zero-order valence-electron chi connectivity index (χ0n) is 22.4. The van der Waals surface area contributed by atoms with Crippen molar-refractivity contribution in [2.24, 2.45) is 11.8 Å². The van der Waals surface area contributed by atoms with E-state index in [9.17, 15) is 33.7 Å². The zero-order valence-corrected chi connectivity index (χ0v) is 22.4. The van der Waals surface area contributed by atoms with Crippen LogP contribution < -0.4 is 0 Å². The van der Waals surface area contributed by atoms with Gasteiger partial charge in [0.25, 0.3) is 23.4 Å². The van der Waals surface area contributed by atoms with Crippen molar-refractivity contribution >= 4 is 29.2 Å². The van der Waals surface area contributed by atoms with Crippen LogP contribution in [0.3, 0.4) is 0 Å². The van der Waals surface area contributed by atoms with Crippen molar-refractivity contribution in [2.45, 2.75) is 11.8 Å². The van der Waals surface area contributed by atoms with E-state index in [2.05, 4.69) is 0 Å². The molecule has 0 aromatic heterocycles. The molecule has 4 aromatic carbocycles. The quantitative estimate of drug-likeness (QED) is 0.140. The van der Waals surface area contributed by atoms with E-state index in [0.29, 0.717) is 10.0 Å². The van der Waals surface area contributed by atoms with Gasteiger partial charge in [-0.3, -0.25) is 29.3 Å². The fourth-order valence-corrected chi connectivity index (χ4v) is 6.95. The molecular weight excluding hydrogens is 553 g/mol. The number of hydrogen-bond donors (Lipinski definition) is 0. The summed E-state index contributed by atoms with van der Waals surface area (Å²) in [5.74, 6) is -6.23. The van der Waals surface area contributed by atoms with Gasteiger partial charge in [-0.2, -0.15) is 5.01 Å². The number of rotatable bonds is 6. The van der Waals surface area contributed by atoms with Gasteiger partial charge < -0.3 is 0 Å². The van der Waals surface area contributed by atoms with Gasteiger partial charge in [-0.15, -0.1) is 0 Å². The number of para-hydroxylation sites is 1. The number of amides is 3. The minimum Gasteiger partial charge on any atom is -0.292 e. The second-order valence-electron chi connectivity index (χ2n) is 10.8. The number of halogens is 1. The van der Waals surface area contributed by atoms with Crippen LogP contribution in [0.4, 0.5) is 10.1 Å². The molecule has 0 radical (unpaired) electrons. The maximum absolute atomic E-state index is 14.3. The van der Waals surface area contributed by atoms with Crippen molar-refractivity contribution in [1.29, 1.82) is 0 Å². The fourth-order valence-electron chi connectivity index (χ4n) is 6.95. The highest BCUT2D eigenvalue weighted by Crippen LogP contribution is 2.61. The number of carbonyl (C=O) groups excluding carboxylic acids is 4. The first-order valence-electron chi connectivity index (χ1n) is 13.7. The minimum atomic E-state index is -1.05. The van der Waals surface area contributed by atoms with Crippen LogP contribution in [0.15, 0.2) is 97.1 Å². The molecule has 1 aliphatic heterocycles. The molecule has 0 spiro atoms. The summed E-state index contributed by atoms with van der Waals surface area (Å²) in [7, 11) is 0. The molecule has 10 heteroatoms. The number of imide groups is 1. The van der Waals surface area contributed by atoms with Crippen LogP contribution in [0, 0.1) is 27.8 Å². The van der Waals surface area contributed by atoms with E-state index in [1.807, 2.05) is 48.5 Å². The molecule has 9 nitrogen and oxygen atoms in total. The molecule has 8 rings (SSSR count). The summed E-state index contributed by atoms with van der Waals surface area (Å²) >= 11 is 0. The first-order valence-corrected chi connectivity index (χ1v) is 13.7. The first kappa shape index (κ1) is 26.4. The standard InChI is InChI=1S/C33H22FN3O6/c34-19-15-13-18(14-16-19)26(38)17-35(31(39)24-11-5-6-12-25(24)37(42)43)36-32(40)29-27-20-7-1-2-8-21(20)28(30(29)33(36)41)23-10-4-3-9-22(23)27/h1-16,27-30H,17H2/t27?,28?,29-,30+. The number of ketones is 1. The Kier molecular flexibility index (Phi) is 6.01. The predicted octanol–water partition coefficient (Wildman–Crippen LogP) is 4.87. The van der Waals surface area contributed by atoms with Crippen LogP contribution in [-0.2, 0) is 9.59 Å². The van der Waals surface area contributed by atoms with Crippen molar-refractivity contribution < 1.29 is 28.5 Å². The average molecular weight is 576 g/mol. The summed E-state index contributed by atoms with van der Waals surface area (Å²) in [6.07, 6.45) is 0. The minimum absolute atomic E-state index is 0.0400. The number of carbonyl (C=O) groups is 4. The number of benzene rings is 4. The van der Waals surface area contributed by atoms with Crippen molar-refractivity contribution in [3.05, 3.63) is 146 Å². The fraction of sp³-hybridized carbons (Fsp3) is 0.152. The van der Waals surface area contributed by atoms with Crippen molar-refractivity contribution in [3.63, 3.8) is 0 Å². The van der Waals surface area contributed by atoms with Gasteiger partial charge in [-0.05, 0) is 52.6 Å². The second-order valence-corrected chi connectivity index (χ2v) is 10.8. The summed E-state index contributed by atoms with van der Waals surface area (Å²) in [6.45, 7) is -0.775. The smallest absolute Gasteiger partial charge is 0.282 e. The molecule has 0 saturated carbocycles. The third kappa shape index (κ3) is 3.90. The summed E-state index contributed by atoms with van der Waals surface area (Å²) in [5.41, 5.74) is 2.82. The molecule has 0 unspecified atom stereocenters. The molecule has 1 fully saturated rings. The topological polar surface area (TPSA) is 118 Å². The first-order chi connectivity index (χ1) is 20.8. The monoisotopic (exact) mass is 575 g/mol.